The van der Waals surface area contributed by atoms with E-state index in [9.17, 15) is 9.59 Å². The van der Waals surface area contributed by atoms with E-state index in [1.807, 2.05) is 29.2 Å². The number of aliphatic carboxylic acids is 1. The second-order valence-corrected chi connectivity index (χ2v) is 10.1. The molecule has 0 spiro atoms. The van der Waals surface area contributed by atoms with Crippen molar-refractivity contribution in [3.05, 3.63) is 36.0 Å². The maximum absolute atomic E-state index is 13.2. The smallest absolute Gasteiger partial charge is 0.323 e. The van der Waals surface area contributed by atoms with Crippen LogP contribution in [0.5, 0.6) is 5.75 Å². The lowest BCUT2D eigenvalue weighted by Gasteiger charge is -2.36. The minimum absolute atomic E-state index is 0.0253. The number of anilines is 1. The highest BCUT2D eigenvalue weighted by atomic mass is 32.2. The summed E-state index contributed by atoms with van der Waals surface area (Å²) < 4.78 is 6.09. The van der Waals surface area contributed by atoms with Gasteiger partial charge in [-0.2, -0.15) is 0 Å². The molecule has 31 heavy (non-hydrogen) atoms. The average Bonchev–Trinajstić information content (AvgIpc) is 3.21. The molecule has 2 N–H and O–H groups in total. The maximum Gasteiger partial charge on any atom is 0.323 e. The molecule has 0 aliphatic heterocycles. The van der Waals surface area contributed by atoms with E-state index in [2.05, 4.69) is 17.2 Å². The van der Waals surface area contributed by atoms with Gasteiger partial charge in [-0.05, 0) is 55.7 Å². The number of aromatic nitrogens is 1. The van der Waals surface area contributed by atoms with Crippen molar-refractivity contribution in [1.29, 1.82) is 0 Å². The number of methoxy groups -OCH3 is 1. The molecule has 0 bridgehead atoms. The fraction of sp³-hybridized carbons (Fsp3) is 0.500. The Morgan fingerprint density at radius 3 is 2.81 bits per heavy atom. The molecule has 1 fully saturated rings. The number of hydrogen-bond donors (Lipinski definition) is 2. The Balaban J connectivity index is 1.66. The number of rotatable bonds is 9. The summed E-state index contributed by atoms with van der Waals surface area (Å²) in [4.78, 5) is 30.1. The van der Waals surface area contributed by atoms with Crippen molar-refractivity contribution in [3.63, 3.8) is 0 Å². The van der Waals surface area contributed by atoms with Gasteiger partial charge in [0.05, 0.1) is 23.3 Å². The molecule has 0 atom stereocenters. The van der Waals surface area contributed by atoms with Crippen LogP contribution in [0.15, 0.2) is 34.7 Å². The van der Waals surface area contributed by atoms with Gasteiger partial charge in [0, 0.05) is 12.6 Å². The van der Waals surface area contributed by atoms with Gasteiger partial charge in [0.2, 0.25) is 0 Å². The van der Waals surface area contributed by atoms with Crippen LogP contribution in [0.25, 0.3) is 0 Å². The SMILES string of the molecule is COc1cccc(CCN(C(=O)Nc2ncc(SCC(=O)O)s2)[C@H]2CC[C@H](C)CC2)c1. The normalized spacial score (nSPS) is 18.4. The van der Waals surface area contributed by atoms with Gasteiger partial charge in [-0.3, -0.25) is 10.1 Å². The topological polar surface area (TPSA) is 91.8 Å². The van der Waals surface area contributed by atoms with Crippen LogP contribution >= 0.6 is 23.1 Å². The Morgan fingerprint density at radius 1 is 1.32 bits per heavy atom. The molecule has 3 rings (SSSR count). The van der Waals surface area contributed by atoms with Gasteiger partial charge >= 0.3 is 12.0 Å². The third-order valence-corrected chi connectivity index (χ3v) is 7.59. The Kier molecular flexibility index (Phi) is 8.60. The molecule has 1 aliphatic rings. The molecule has 1 aromatic carbocycles. The molecule has 0 saturated heterocycles. The van der Waals surface area contributed by atoms with Crippen LogP contribution in [0.1, 0.15) is 38.2 Å². The number of carbonyl (C=O) groups excluding carboxylic acids is 1. The predicted octanol–water partition coefficient (Wildman–Crippen LogP) is 4.98. The summed E-state index contributed by atoms with van der Waals surface area (Å²) >= 11 is 2.50. The Labute approximate surface area is 191 Å². The number of carbonyl (C=O) groups is 2. The van der Waals surface area contributed by atoms with Gasteiger partial charge in [-0.15, -0.1) is 11.8 Å². The summed E-state index contributed by atoms with van der Waals surface area (Å²) in [5, 5.41) is 12.2. The zero-order chi connectivity index (χ0) is 22.2. The highest BCUT2D eigenvalue weighted by molar-refractivity contribution is 8.01. The Bertz CT molecular complexity index is 881. The molecule has 1 heterocycles. The molecule has 2 aromatic rings. The molecular formula is C22H29N3O4S2. The van der Waals surface area contributed by atoms with E-state index in [1.165, 1.54) is 23.1 Å². The van der Waals surface area contributed by atoms with Gasteiger partial charge in [0.1, 0.15) is 5.75 Å². The maximum atomic E-state index is 13.2. The lowest BCUT2D eigenvalue weighted by Crippen LogP contribution is -2.45. The van der Waals surface area contributed by atoms with Gasteiger partial charge in [0.15, 0.2) is 5.13 Å². The number of hydrogen-bond acceptors (Lipinski definition) is 6. The second kappa shape index (κ2) is 11.4. The van der Waals surface area contributed by atoms with Crippen LogP contribution in [0, 0.1) is 5.92 Å². The Hall–Kier alpha value is -2.26. The van der Waals surface area contributed by atoms with Crippen molar-refractivity contribution in [2.45, 2.75) is 49.3 Å². The fourth-order valence-electron chi connectivity index (χ4n) is 3.76. The summed E-state index contributed by atoms with van der Waals surface area (Å²) in [5.74, 6) is 0.614. The van der Waals surface area contributed by atoms with E-state index < -0.39 is 5.97 Å². The van der Waals surface area contributed by atoms with Crippen molar-refractivity contribution in [2.24, 2.45) is 5.92 Å². The third kappa shape index (κ3) is 7.14. The number of amides is 2. The molecule has 0 radical (unpaired) electrons. The summed E-state index contributed by atoms with van der Waals surface area (Å²) in [7, 11) is 1.65. The number of ether oxygens (including phenoxy) is 1. The molecule has 168 valence electrons. The van der Waals surface area contributed by atoms with Crippen molar-refractivity contribution in [1.82, 2.24) is 9.88 Å². The van der Waals surface area contributed by atoms with Crippen LogP contribution in [0.4, 0.5) is 9.93 Å². The minimum Gasteiger partial charge on any atom is -0.497 e. The minimum atomic E-state index is -0.876. The molecule has 1 aromatic heterocycles. The van der Waals surface area contributed by atoms with Gasteiger partial charge < -0.3 is 14.7 Å². The average molecular weight is 464 g/mol. The third-order valence-electron chi connectivity index (χ3n) is 5.50. The van der Waals surface area contributed by atoms with E-state index in [0.717, 1.165) is 47.6 Å². The van der Waals surface area contributed by atoms with Crippen LogP contribution in [0.2, 0.25) is 0 Å². The summed E-state index contributed by atoms with van der Waals surface area (Å²) in [5.41, 5.74) is 1.13. The van der Waals surface area contributed by atoms with Crippen LogP contribution in [-0.2, 0) is 11.2 Å². The molecular weight excluding hydrogens is 434 g/mol. The van der Waals surface area contributed by atoms with Gasteiger partial charge in [0.25, 0.3) is 0 Å². The monoisotopic (exact) mass is 463 g/mol. The van der Waals surface area contributed by atoms with Crippen molar-refractivity contribution in [2.75, 3.05) is 24.7 Å². The predicted molar refractivity (Wildman–Crippen MR) is 124 cm³/mol. The summed E-state index contributed by atoms with van der Waals surface area (Å²) in [6.45, 7) is 2.88. The number of carboxylic acid groups (broad SMARTS) is 1. The number of benzene rings is 1. The molecule has 1 aliphatic carbocycles. The molecule has 9 heteroatoms. The summed E-state index contributed by atoms with van der Waals surface area (Å²) in [6, 6.07) is 8.00. The first-order chi connectivity index (χ1) is 14.9. The zero-order valence-electron chi connectivity index (χ0n) is 17.9. The number of urea groups is 1. The Morgan fingerprint density at radius 2 is 2.10 bits per heavy atom. The standard InChI is InChI=1S/C22H29N3O4S2/c1-15-6-8-17(9-7-15)25(11-10-16-4-3-5-18(12-16)29-2)22(28)24-21-23-13-20(31-21)30-14-19(26)27/h3-5,12-13,15,17H,6-11,14H2,1-2H3,(H,26,27)(H,23,24,28)/t15-,17-. The molecule has 1 saturated carbocycles. The van der Waals surface area contributed by atoms with Gasteiger partial charge in [-0.25, -0.2) is 9.78 Å². The van der Waals surface area contributed by atoms with Crippen molar-refractivity contribution >= 4 is 40.2 Å². The van der Waals surface area contributed by atoms with Crippen LogP contribution < -0.4 is 10.1 Å². The highest BCUT2D eigenvalue weighted by Gasteiger charge is 2.28. The van der Waals surface area contributed by atoms with Crippen LogP contribution in [0.3, 0.4) is 0 Å². The molecule has 2 amide bonds. The molecule has 0 unspecified atom stereocenters. The first kappa shape index (κ1) is 23.4. The number of thioether (sulfide) groups is 1. The van der Waals surface area contributed by atoms with Crippen LogP contribution in [-0.4, -0.2) is 52.4 Å². The largest absolute Gasteiger partial charge is 0.497 e. The fourth-order valence-corrected chi connectivity index (χ4v) is 5.34. The summed E-state index contributed by atoms with van der Waals surface area (Å²) in [6.07, 6.45) is 6.61. The second-order valence-electron chi connectivity index (χ2n) is 7.81. The highest BCUT2D eigenvalue weighted by Crippen LogP contribution is 2.30. The van der Waals surface area contributed by atoms with E-state index >= 15 is 0 Å². The number of carboxylic acids is 1. The van der Waals surface area contributed by atoms with E-state index in [0.29, 0.717) is 17.6 Å². The van der Waals surface area contributed by atoms with E-state index in [1.54, 1.807) is 13.3 Å². The van der Waals surface area contributed by atoms with E-state index in [4.69, 9.17) is 9.84 Å². The molecule has 7 nitrogen and oxygen atoms in total. The number of nitrogens with zero attached hydrogens (tertiary/aromatic N) is 2. The van der Waals surface area contributed by atoms with Crippen molar-refractivity contribution in [3.8, 4) is 5.75 Å². The number of nitrogens with one attached hydrogen (secondary N) is 1. The number of thiazole rings is 1. The quantitative estimate of drug-likeness (QED) is 0.510. The first-order valence-electron chi connectivity index (χ1n) is 10.5. The lowest BCUT2D eigenvalue weighted by atomic mass is 9.86. The van der Waals surface area contributed by atoms with Gasteiger partial charge in [-0.1, -0.05) is 30.4 Å². The lowest BCUT2D eigenvalue weighted by molar-refractivity contribution is -0.133. The first-order valence-corrected chi connectivity index (χ1v) is 12.3. The van der Waals surface area contributed by atoms with Crippen molar-refractivity contribution < 1.29 is 19.4 Å². The van der Waals surface area contributed by atoms with E-state index in [-0.39, 0.29) is 17.8 Å². The zero-order valence-corrected chi connectivity index (χ0v) is 19.5.